The molecule has 0 spiro atoms. The number of aromatic nitrogens is 3. The zero-order chi connectivity index (χ0) is 12.3. The van der Waals surface area contributed by atoms with Crippen molar-refractivity contribution in [1.29, 1.82) is 5.26 Å². The normalized spacial score (nSPS) is 11.8. The Labute approximate surface area is 98.3 Å². The second kappa shape index (κ2) is 4.58. The lowest BCUT2D eigenvalue weighted by Crippen LogP contribution is -2.10. The lowest BCUT2D eigenvalue weighted by atomic mass is 9.94. The SMILES string of the molecule is Cn1cc(C(=O)C(C#N)c2ccncc2)cn1. The van der Waals surface area contributed by atoms with Gasteiger partial charge in [-0.2, -0.15) is 10.4 Å². The van der Waals surface area contributed by atoms with Crippen LogP contribution in [-0.4, -0.2) is 20.5 Å². The molecule has 1 atom stereocenters. The standard InChI is InChI=1S/C12H10N4O/c1-16-8-10(7-15-16)12(17)11(6-13)9-2-4-14-5-3-9/h2-5,7-8,11H,1H3. The largest absolute Gasteiger partial charge is 0.292 e. The summed E-state index contributed by atoms with van der Waals surface area (Å²) >= 11 is 0. The number of aryl methyl sites for hydroxylation is 1. The van der Waals surface area contributed by atoms with Crippen LogP contribution in [0.4, 0.5) is 0 Å². The van der Waals surface area contributed by atoms with Crippen LogP contribution in [-0.2, 0) is 7.05 Å². The van der Waals surface area contributed by atoms with E-state index < -0.39 is 5.92 Å². The van der Waals surface area contributed by atoms with Gasteiger partial charge in [-0.1, -0.05) is 0 Å². The van der Waals surface area contributed by atoms with Crippen molar-refractivity contribution >= 4 is 5.78 Å². The van der Waals surface area contributed by atoms with E-state index in [-0.39, 0.29) is 5.78 Å². The van der Waals surface area contributed by atoms with Crippen LogP contribution < -0.4 is 0 Å². The zero-order valence-electron chi connectivity index (χ0n) is 9.24. The maximum absolute atomic E-state index is 12.1. The van der Waals surface area contributed by atoms with Crippen LogP contribution in [0.2, 0.25) is 0 Å². The first-order chi connectivity index (χ1) is 8.22. The molecule has 0 saturated carbocycles. The third kappa shape index (κ3) is 2.21. The van der Waals surface area contributed by atoms with E-state index in [1.54, 1.807) is 37.8 Å². The molecule has 5 heteroatoms. The van der Waals surface area contributed by atoms with E-state index >= 15 is 0 Å². The molecule has 0 radical (unpaired) electrons. The summed E-state index contributed by atoms with van der Waals surface area (Å²) in [5.41, 5.74) is 1.09. The smallest absolute Gasteiger partial charge is 0.187 e. The minimum absolute atomic E-state index is 0.244. The predicted octanol–water partition coefficient (Wildman–Crippen LogP) is 1.31. The minimum atomic E-state index is -0.804. The Morgan fingerprint density at radius 3 is 2.71 bits per heavy atom. The zero-order valence-corrected chi connectivity index (χ0v) is 9.24. The number of nitriles is 1. The Balaban J connectivity index is 2.32. The summed E-state index contributed by atoms with van der Waals surface area (Å²) in [6.45, 7) is 0. The van der Waals surface area contributed by atoms with Gasteiger partial charge in [-0.3, -0.25) is 14.5 Å². The summed E-state index contributed by atoms with van der Waals surface area (Å²) in [5, 5.41) is 13.0. The number of ketones is 1. The third-order valence-corrected chi connectivity index (χ3v) is 2.42. The Hall–Kier alpha value is -2.48. The van der Waals surface area contributed by atoms with Crippen molar-refractivity contribution in [3.8, 4) is 6.07 Å². The number of carbonyl (C=O) groups excluding carboxylic acids is 1. The average Bonchev–Trinajstić information content (AvgIpc) is 2.78. The van der Waals surface area contributed by atoms with E-state index in [0.717, 1.165) is 0 Å². The fourth-order valence-corrected chi connectivity index (χ4v) is 1.56. The molecule has 0 aliphatic carbocycles. The van der Waals surface area contributed by atoms with Crippen LogP contribution in [0.15, 0.2) is 36.9 Å². The van der Waals surface area contributed by atoms with Crippen molar-refractivity contribution < 1.29 is 4.79 Å². The van der Waals surface area contributed by atoms with Gasteiger partial charge in [0.05, 0.1) is 17.8 Å². The summed E-state index contributed by atoms with van der Waals surface area (Å²) < 4.78 is 1.54. The van der Waals surface area contributed by atoms with Gasteiger partial charge in [-0.05, 0) is 17.7 Å². The van der Waals surface area contributed by atoms with Crippen molar-refractivity contribution in [1.82, 2.24) is 14.8 Å². The molecule has 0 aliphatic rings. The molecule has 2 aromatic heterocycles. The molecule has 1 unspecified atom stereocenters. The topological polar surface area (TPSA) is 71.6 Å². The van der Waals surface area contributed by atoms with Gasteiger partial charge in [-0.15, -0.1) is 0 Å². The summed E-state index contributed by atoms with van der Waals surface area (Å²) in [6.07, 6.45) is 6.20. The molecule has 0 aliphatic heterocycles. The number of carbonyl (C=O) groups is 1. The van der Waals surface area contributed by atoms with Crippen LogP contribution >= 0.6 is 0 Å². The number of rotatable bonds is 3. The number of pyridine rings is 1. The lowest BCUT2D eigenvalue weighted by Gasteiger charge is -2.05. The van der Waals surface area contributed by atoms with Crippen molar-refractivity contribution in [2.75, 3.05) is 0 Å². The van der Waals surface area contributed by atoms with Crippen LogP contribution in [0.5, 0.6) is 0 Å². The van der Waals surface area contributed by atoms with Gasteiger partial charge in [0.25, 0.3) is 0 Å². The van der Waals surface area contributed by atoms with Crippen LogP contribution in [0.25, 0.3) is 0 Å². The molecule has 0 bridgehead atoms. The van der Waals surface area contributed by atoms with E-state index in [2.05, 4.69) is 10.1 Å². The molecule has 0 fully saturated rings. The van der Waals surface area contributed by atoms with Crippen LogP contribution in [0.3, 0.4) is 0 Å². The first-order valence-electron chi connectivity index (χ1n) is 5.05. The number of hydrogen-bond donors (Lipinski definition) is 0. The van der Waals surface area contributed by atoms with Crippen molar-refractivity contribution in [3.05, 3.63) is 48.0 Å². The number of Topliss-reactive ketones (excluding diaryl/α,β-unsaturated/α-hetero) is 1. The Morgan fingerprint density at radius 2 is 2.18 bits per heavy atom. The molecule has 17 heavy (non-hydrogen) atoms. The fourth-order valence-electron chi connectivity index (χ4n) is 1.56. The molecule has 5 nitrogen and oxygen atoms in total. The average molecular weight is 226 g/mol. The third-order valence-electron chi connectivity index (χ3n) is 2.42. The summed E-state index contributed by atoms with van der Waals surface area (Å²) in [6, 6.07) is 5.35. The van der Waals surface area contributed by atoms with E-state index in [1.165, 1.54) is 10.9 Å². The Kier molecular flexibility index (Phi) is 2.97. The molecule has 2 rings (SSSR count). The first-order valence-corrected chi connectivity index (χ1v) is 5.05. The van der Waals surface area contributed by atoms with E-state index in [1.807, 2.05) is 6.07 Å². The van der Waals surface area contributed by atoms with E-state index in [0.29, 0.717) is 11.1 Å². The van der Waals surface area contributed by atoms with Gasteiger partial charge >= 0.3 is 0 Å². The van der Waals surface area contributed by atoms with Crippen LogP contribution in [0.1, 0.15) is 21.8 Å². The second-order valence-corrected chi connectivity index (χ2v) is 3.61. The Morgan fingerprint density at radius 1 is 1.47 bits per heavy atom. The minimum Gasteiger partial charge on any atom is -0.292 e. The van der Waals surface area contributed by atoms with Gasteiger partial charge in [0.1, 0.15) is 5.92 Å². The quantitative estimate of drug-likeness (QED) is 0.739. The van der Waals surface area contributed by atoms with Gasteiger partial charge in [0, 0.05) is 25.6 Å². The van der Waals surface area contributed by atoms with Gasteiger partial charge in [-0.25, -0.2) is 0 Å². The summed E-state index contributed by atoms with van der Waals surface area (Å²) in [7, 11) is 1.73. The highest BCUT2D eigenvalue weighted by atomic mass is 16.1. The second-order valence-electron chi connectivity index (χ2n) is 3.61. The van der Waals surface area contributed by atoms with Crippen molar-refractivity contribution in [2.24, 2.45) is 7.05 Å². The molecule has 2 aromatic rings. The van der Waals surface area contributed by atoms with Gasteiger partial charge in [0.2, 0.25) is 0 Å². The molecule has 0 N–H and O–H groups in total. The molecule has 0 amide bonds. The summed E-state index contributed by atoms with van der Waals surface area (Å²) in [5.74, 6) is -1.05. The van der Waals surface area contributed by atoms with Crippen LogP contribution in [0, 0.1) is 11.3 Å². The molecule has 0 saturated heterocycles. The molecule has 2 heterocycles. The number of nitrogens with zero attached hydrogens (tertiary/aromatic N) is 4. The van der Waals surface area contributed by atoms with Gasteiger partial charge < -0.3 is 0 Å². The van der Waals surface area contributed by atoms with E-state index in [9.17, 15) is 4.79 Å². The van der Waals surface area contributed by atoms with E-state index in [4.69, 9.17) is 5.26 Å². The molecule has 84 valence electrons. The Bertz CT molecular complexity index is 568. The highest BCUT2D eigenvalue weighted by Gasteiger charge is 2.22. The highest BCUT2D eigenvalue weighted by molar-refractivity contribution is 6.02. The number of hydrogen-bond acceptors (Lipinski definition) is 4. The van der Waals surface area contributed by atoms with Crippen molar-refractivity contribution in [3.63, 3.8) is 0 Å². The lowest BCUT2D eigenvalue weighted by molar-refractivity contribution is 0.0979. The van der Waals surface area contributed by atoms with Gasteiger partial charge in [0.15, 0.2) is 5.78 Å². The fraction of sp³-hybridized carbons (Fsp3) is 0.167. The maximum atomic E-state index is 12.1. The molecule has 0 aromatic carbocycles. The molecular weight excluding hydrogens is 216 g/mol. The van der Waals surface area contributed by atoms with Crippen molar-refractivity contribution in [2.45, 2.75) is 5.92 Å². The highest BCUT2D eigenvalue weighted by Crippen LogP contribution is 2.19. The maximum Gasteiger partial charge on any atom is 0.187 e. The predicted molar refractivity (Wildman–Crippen MR) is 60.1 cm³/mol. The first kappa shape index (κ1) is 11.0. The summed E-state index contributed by atoms with van der Waals surface area (Å²) in [4.78, 5) is 16.0. The molecular formula is C12H10N4O. The monoisotopic (exact) mass is 226 g/mol.